The van der Waals surface area contributed by atoms with Crippen LogP contribution >= 0.6 is 22.9 Å². The second kappa shape index (κ2) is 3.51. The molecule has 0 saturated heterocycles. The van der Waals surface area contributed by atoms with Gasteiger partial charge in [0, 0.05) is 9.75 Å². The number of thiophene rings is 1. The number of hydrogen-bond donors (Lipinski definition) is 0. The zero-order chi connectivity index (χ0) is 11.7. The average molecular weight is 267 g/mol. The van der Waals surface area contributed by atoms with Gasteiger partial charge in [0.25, 0.3) is 0 Å². The fraction of sp³-hybridized carbons (Fsp3) is 0.733. The third-order valence-electron chi connectivity index (χ3n) is 5.51. The molecule has 0 aliphatic heterocycles. The molecule has 92 valence electrons. The maximum absolute atomic E-state index is 6.79. The van der Waals surface area contributed by atoms with Gasteiger partial charge in [0.1, 0.15) is 0 Å². The molecule has 5 atom stereocenters. The van der Waals surface area contributed by atoms with Crippen molar-refractivity contribution in [1.29, 1.82) is 0 Å². The Hall–Kier alpha value is -0.0100. The number of rotatable bonds is 2. The summed E-state index contributed by atoms with van der Waals surface area (Å²) in [4.78, 5) is 2.86. The first-order chi connectivity index (χ1) is 8.16. The Labute approximate surface area is 112 Å². The van der Waals surface area contributed by atoms with Crippen molar-refractivity contribution < 1.29 is 0 Å². The van der Waals surface area contributed by atoms with Gasteiger partial charge in [-0.15, -0.1) is 22.9 Å². The van der Waals surface area contributed by atoms with Crippen molar-refractivity contribution in [3.8, 4) is 0 Å². The van der Waals surface area contributed by atoms with E-state index in [9.17, 15) is 0 Å². The van der Waals surface area contributed by atoms with E-state index in [1.165, 1.54) is 34.6 Å². The van der Waals surface area contributed by atoms with Gasteiger partial charge in [0.15, 0.2) is 0 Å². The molecule has 2 bridgehead atoms. The van der Waals surface area contributed by atoms with Gasteiger partial charge in [-0.3, -0.25) is 0 Å². The van der Waals surface area contributed by atoms with Crippen molar-refractivity contribution >= 4 is 22.9 Å². The van der Waals surface area contributed by atoms with Gasteiger partial charge in [0.2, 0.25) is 0 Å². The first kappa shape index (κ1) is 10.9. The SMILES string of the molecule is Cc1cc(C(Cl)C2C3C4CCC(C4)C32)c(C)s1. The normalized spacial score (nSPS) is 43.8. The summed E-state index contributed by atoms with van der Waals surface area (Å²) in [7, 11) is 0. The summed E-state index contributed by atoms with van der Waals surface area (Å²) in [6, 6.07) is 2.33. The molecular formula is C15H19ClS. The molecule has 3 saturated carbocycles. The van der Waals surface area contributed by atoms with Crippen molar-refractivity contribution in [2.45, 2.75) is 38.5 Å². The third kappa shape index (κ3) is 1.42. The van der Waals surface area contributed by atoms with Crippen LogP contribution in [0.25, 0.3) is 0 Å². The fourth-order valence-corrected chi connectivity index (χ4v) is 6.52. The molecule has 1 heterocycles. The summed E-state index contributed by atoms with van der Waals surface area (Å²) >= 11 is 8.69. The largest absolute Gasteiger partial charge is 0.146 e. The monoisotopic (exact) mass is 266 g/mol. The average Bonchev–Trinajstić information content (AvgIpc) is 2.59. The van der Waals surface area contributed by atoms with Gasteiger partial charge < -0.3 is 0 Å². The second-order valence-electron chi connectivity index (χ2n) is 6.34. The molecule has 1 aromatic heterocycles. The van der Waals surface area contributed by atoms with Gasteiger partial charge in [0.05, 0.1) is 5.38 Å². The van der Waals surface area contributed by atoms with E-state index >= 15 is 0 Å². The molecule has 0 spiro atoms. The van der Waals surface area contributed by atoms with Crippen molar-refractivity contribution in [3.63, 3.8) is 0 Å². The summed E-state index contributed by atoms with van der Waals surface area (Å²) in [6.45, 7) is 4.43. The molecule has 0 radical (unpaired) electrons. The van der Waals surface area contributed by atoms with Crippen LogP contribution in [0.5, 0.6) is 0 Å². The summed E-state index contributed by atoms with van der Waals surface area (Å²) < 4.78 is 0. The van der Waals surface area contributed by atoms with Crippen LogP contribution in [-0.2, 0) is 0 Å². The van der Waals surface area contributed by atoms with Crippen LogP contribution in [-0.4, -0.2) is 0 Å². The van der Waals surface area contributed by atoms with Crippen molar-refractivity contribution in [3.05, 3.63) is 21.4 Å². The molecule has 3 aliphatic carbocycles. The Balaban J connectivity index is 1.59. The Morgan fingerprint density at radius 3 is 2.41 bits per heavy atom. The minimum atomic E-state index is 0.304. The highest BCUT2D eigenvalue weighted by Crippen LogP contribution is 2.73. The van der Waals surface area contributed by atoms with Gasteiger partial charge in [-0.25, -0.2) is 0 Å². The highest BCUT2D eigenvalue weighted by molar-refractivity contribution is 7.12. The minimum Gasteiger partial charge on any atom is -0.146 e. The van der Waals surface area contributed by atoms with Gasteiger partial charge in [-0.2, -0.15) is 0 Å². The minimum absolute atomic E-state index is 0.304. The Morgan fingerprint density at radius 2 is 1.88 bits per heavy atom. The lowest BCUT2D eigenvalue weighted by Crippen LogP contribution is -2.04. The maximum Gasteiger partial charge on any atom is 0.0629 e. The number of hydrogen-bond acceptors (Lipinski definition) is 1. The molecule has 3 aliphatic rings. The van der Waals surface area contributed by atoms with Crippen LogP contribution in [0.2, 0.25) is 0 Å². The molecule has 4 rings (SSSR count). The predicted molar refractivity (Wildman–Crippen MR) is 73.7 cm³/mol. The lowest BCUT2D eigenvalue weighted by Gasteiger charge is -2.14. The molecule has 0 amide bonds. The molecule has 17 heavy (non-hydrogen) atoms. The zero-order valence-electron chi connectivity index (χ0n) is 10.4. The standard InChI is InChI=1S/C15H19ClS/c1-7-5-11(8(2)17-7)15(16)14-12-9-3-4-10(6-9)13(12)14/h5,9-10,12-15H,3-4,6H2,1-2H3. The van der Waals surface area contributed by atoms with E-state index in [1.807, 2.05) is 11.3 Å². The topological polar surface area (TPSA) is 0 Å². The first-order valence-corrected chi connectivity index (χ1v) is 8.13. The predicted octanol–water partition coefficient (Wildman–Crippen LogP) is 4.94. The van der Waals surface area contributed by atoms with Gasteiger partial charge in [-0.1, -0.05) is 0 Å². The number of fused-ring (bicyclic) bond motifs is 5. The van der Waals surface area contributed by atoms with E-state index < -0.39 is 0 Å². The van der Waals surface area contributed by atoms with Crippen molar-refractivity contribution in [2.24, 2.45) is 29.6 Å². The van der Waals surface area contributed by atoms with Crippen LogP contribution < -0.4 is 0 Å². The Bertz CT molecular complexity index is 447. The molecule has 3 fully saturated rings. The Morgan fingerprint density at radius 1 is 1.24 bits per heavy atom. The first-order valence-electron chi connectivity index (χ1n) is 6.88. The molecule has 5 unspecified atom stereocenters. The summed E-state index contributed by atoms with van der Waals surface area (Å²) in [5, 5.41) is 0.304. The molecule has 0 nitrogen and oxygen atoms in total. The third-order valence-corrected chi connectivity index (χ3v) is 7.02. The quantitative estimate of drug-likeness (QED) is 0.666. The fourth-order valence-electron chi connectivity index (χ4n) is 4.92. The highest BCUT2D eigenvalue weighted by Gasteiger charge is 2.66. The van der Waals surface area contributed by atoms with E-state index in [1.54, 1.807) is 0 Å². The van der Waals surface area contributed by atoms with E-state index in [4.69, 9.17) is 11.6 Å². The smallest absolute Gasteiger partial charge is 0.0629 e. The number of aryl methyl sites for hydroxylation is 2. The van der Waals surface area contributed by atoms with Gasteiger partial charge in [-0.05, 0) is 74.3 Å². The van der Waals surface area contributed by atoms with E-state index in [0.29, 0.717) is 5.38 Å². The summed E-state index contributed by atoms with van der Waals surface area (Å²) in [6.07, 6.45) is 4.51. The molecule has 0 N–H and O–H groups in total. The van der Waals surface area contributed by atoms with Crippen LogP contribution in [0.4, 0.5) is 0 Å². The molecular weight excluding hydrogens is 248 g/mol. The second-order valence-corrected chi connectivity index (χ2v) is 8.27. The van der Waals surface area contributed by atoms with Gasteiger partial charge >= 0.3 is 0 Å². The number of halogens is 1. The molecule has 0 aromatic carbocycles. The Kier molecular flexibility index (Phi) is 2.25. The van der Waals surface area contributed by atoms with Crippen LogP contribution in [0, 0.1) is 43.4 Å². The van der Waals surface area contributed by atoms with Crippen LogP contribution in [0.15, 0.2) is 6.07 Å². The highest BCUT2D eigenvalue weighted by atomic mass is 35.5. The number of alkyl halides is 1. The van der Waals surface area contributed by atoms with Crippen molar-refractivity contribution in [1.82, 2.24) is 0 Å². The van der Waals surface area contributed by atoms with Crippen LogP contribution in [0.1, 0.15) is 40.0 Å². The van der Waals surface area contributed by atoms with Crippen LogP contribution in [0.3, 0.4) is 0 Å². The van der Waals surface area contributed by atoms with Crippen molar-refractivity contribution in [2.75, 3.05) is 0 Å². The zero-order valence-corrected chi connectivity index (χ0v) is 12.0. The maximum atomic E-state index is 6.79. The lowest BCUT2D eigenvalue weighted by atomic mass is 9.97. The van der Waals surface area contributed by atoms with E-state index in [2.05, 4.69) is 19.9 Å². The molecule has 1 aromatic rings. The summed E-state index contributed by atoms with van der Waals surface area (Å²) in [5.74, 6) is 4.88. The molecule has 2 heteroatoms. The van der Waals surface area contributed by atoms with E-state index in [-0.39, 0.29) is 0 Å². The summed E-state index contributed by atoms with van der Waals surface area (Å²) in [5.41, 5.74) is 1.44. The van der Waals surface area contributed by atoms with E-state index in [0.717, 1.165) is 29.6 Å². The lowest BCUT2D eigenvalue weighted by molar-refractivity contribution is 0.455.